The Morgan fingerprint density at radius 3 is 2.74 bits per heavy atom. The molecule has 3 nitrogen and oxygen atoms in total. The topological polar surface area (TPSA) is 39.2 Å². The zero-order chi connectivity index (χ0) is 17.0. The summed E-state index contributed by atoms with van der Waals surface area (Å²) < 4.78 is 18.8. The van der Waals surface area contributed by atoms with E-state index in [9.17, 15) is 9.18 Å². The van der Waals surface area contributed by atoms with Gasteiger partial charge in [-0.25, -0.2) is 9.37 Å². The van der Waals surface area contributed by atoms with Gasteiger partial charge in [0, 0.05) is 0 Å². The van der Waals surface area contributed by atoms with Crippen LogP contribution in [0, 0.1) is 5.82 Å². The third-order valence-corrected chi connectivity index (χ3v) is 3.94. The molecule has 0 aliphatic carbocycles. The lowest BCUT2D eigenvalue weighted by Gasteiger charge is -2.19. The highest BCUT2D eigenvalue weighted by atomic mass is 32.1. The SMILES string of the molecule is CC=C(c1cccc(F)c1)c1scnc1CC(=O)OC(C)(C)C. The van der Waals surface area contributed by atoms with Crippen molar-refractivity contribution in [1.29, 1.82) is 0 Å². The minimum Gasteiger partial charge on any atom is -0.460 e. The summed E-state index contributed by atoms with van der Waals surface area (Å²) in [6, 6.07) is 6.40. The van der Waals surface area contributed by atoms with Crippen LogP contribution >= 0.6 is 11.3 Å². The zero-order valence-corrected chi connectivity index (χ0v) is 14.5. The molecule has 0 amide bonds. The molecular weight excluding hydrogens is 313 g/mol. The van der Waals surface area contributed by atoms with Crippen LogP contribution in [0.5, 0.6) is 0 Å². The molecule has 122 valence electrons. The van der Waals surface area contributed by atoms with Crippen molar-refractivity contribution >= 4 is 22.9 Å². The number of carbonyl (C=O) groups excluding carboxylic acids is 1. The summed E-state index contributed by atoms with van der Waals surface area (Å²) in [5, 5.41) is 0. The lowest BCUT2D eigenvalue weighted by Crippen LogP contribution is -2.25. The smallest absolute Gasteiger partial charge is 0.312 e. The number of thiazole rings is 1. The van der Waals surface area contributed by atoms with Crippen LogP contribution < -0.4 is 0 Å². The zero-order valence-electron chi connectivity index (χ0n) is 13.7. The van der Waals surface area contributed by atoms with Crippen molar-refractivity contribution in [1.82, 2.24) is 4.98 Å². The molecule has 0 fully saturated rings. The van der Waals surface area contributed by atoms with Crippen molar-refractivity contribution < 1.29 is 13.9 Å². The van der Waals surface area contributed by atoms with E-state index in [1.807, 2.05) is 39.8 Å². The second kappa shape index (κ2) is 7.04. The van der Waals surface area contributed by atoms with Crippen LogP contribution in [0.1, 0.15) is 43.8 Å². The molecule has 0 N–H and O–H groups in total. The van der Waals surface area contributed by atoms with Crippen molar-refractivity contribution in [2.24, 2.45) is 0 Å². The molecule has 0 saturated heterocycles. The number of aromatic nitrogens is 1. The number of rotatable bonds is 4. The van der Waals surface area contributed by atoms with Crippen LogP contribution in [0.25, 0.3) is 5.57 Å². The largest absolute Gasteiger partial charge is 0.460 e. The van der Waals surface area contributed by atoms with Gasteiger partial charge >= 0.3 is 5.97 Å². The van der Waals surface area contributed by atoms with Gasteiger partial charge in [0.15, 0.2) is 0 Å². The predicted octanol–water partition coefficient (Wildman–Crippen LogP) is 4.62. The Bertz CT molecular complexity index is 729. The minimum absolute atomic E-state index is 0.1000. The van der Waals surface area contributed by atoms with Crippen LogP contribution in [0.4, 0.5) is 4.39 Å². The number of benzene rings is 1. The highest BCUT2D eigenvalue weighted by Crippen LogP contribution is 2.30. The van der Waals surface area contributed by atoms with Gasteiger partial charge in [-0.2, -0.15) is 0 Å². The highest BCUT2D eigenvalue weighted by Gasteiger charge is 2.20. The van der Waals surface area contributed by atoms with E-state index in [0.29, 0.717) is 5.69 Å². The molecule has 1 aromatic carbocycles. The van der Waals surface area contributed by atoms with Crippen molar-refractivity contribution in [3.8, 4) is 0 Å². The molecule has 2 rings (SSSR count). The molecule has 0 aliphatic rings. The van der Waals surface area contributed by atoms with Gasteiger partial charge in [0.1, 0.15) is 11.4 Å². The molecule has 23 heavy (non-hydrogen) atoms. The van der Waals surface area contributed by atoms with E-state index in [1.54, 1.807) is 11.6 Å². The second-order valence-corrected chi connectivity index (χ2v) is 6.96. The Labute approximate surface area is 139 Å². The molecule has 0 radical (unpaired) electrons. The van der Waals surface area contributed by atoms with Crippen molar-refractivity contribution in [3.05, 3.63) is 57.8 Å². The number of allylic oxidation sites excluding steroid dienone is 1. The third kappa shape index (κ3) is 4.73. The summed E-state index contributed by atoms with van der Waals surface area (Å²) in [5.41, 5.74) is 3.45. The van der Waals surface area contributed by atoms with E-state index in [4.69, 9.17) is 4.74 Å². The summed E-state index contributed by atoms with van der Waals surface area (Å²) >= 11 is 1.43. The average Bonchev–Trinajstić information content (AvgIpc) is 2.85. The van der Waals surface area contributed by atoms with E-state index in [-0.39, 0.29) is 18.2 Å². The monoisotopic (exact) mass is 333 g/mol. The number of ether oxygens (including phenoxy) is 1. The molecule has 0 saturated carbocycles. The Kier molecular flexibility index (Phi) is 5.31. The second-order valence-electron chi connectivity index (χ2n) is 6.10. The quantitative estimate of drug-likeness (QED) is 0.767. The van der Waals surface area contributed by atoms with Crippen LogP contribution in [-0.4, -0.2) is 16.6 Å². The highest BCUT2D eigenvalue weighted by molar-refractivity contribution is 7.11. The maximum Gasteiger partial charge on any atom is 0.312 e. The first-order chi connectivity index (χ1) is 10.8. The molecular formula is C18H20FNO2S. The molecule has 0 unspecified atom stereocenters. The van der Waals surface area contributed by atoms with E-state index >= 15 is 0 Å². The Morgan fingerprint density at radius 2 is 2.13 bits per heavy atom. The molecule has 0 spiro atoms. The lowest BCUT2D eigenvalue weighted by atomic mass is 10.0. The van der Waals surface area contributed by atoms with Gasteiger partial charge < -0.3 is 4.74 Å². The molecule has 5 heteroatoms. The Balaban J connectivity index is 2.27. The van der Waals surface area contributed by atoms with Crippen LogP contribution in [0.15, 0.2) is 35.9 Å². The summed E-state index contributed by atoms with van der Waals surface area (Å²) in [6.07, 6.45) is 2.00. The van der Waals surface area contributed by atoms with Gasteiger partial charge in [-0.3, -0.25) is 4.79 Å². The Morgan fingerprint density at radius 1 is 1.39 bits per heavy atom. The standard InChI is InChI=1S/C18H20FNO2S/c1-5-14(12-7-6-8-13(19)9-12)17-15(20-11-23-17)10-16(21)22-18(2,3)4/h5-9,11H,10H2,1-4H3. The summed E-state index contributed by atoms with van der Waals surface area (Å²) in [5.74, 6) is -0.612. The van der Waals surface area contributed by atoms with Gasteiger partial charge in [0.05, 0.1) is 22.5 Å². The summed E-state index contributed by atoms with van der Waals surface area (Å²) in [4.78, 5) is 17.2. The average molecular weight is 333 g/mol. The molecule has 2 aromatic rings. The number of esters is 1. The Hall–Kier alpha value is -2.01. The van der Waals surface area contributed by atoms with Crippen molar-refractivity contribution in [2.75, 3.05) is 0 Å². The van der Waals surface area contributed by atoms with Crippen LogP contribution in [0.3, 0.4) is 0 Å². The minimum atomic E-state index is -0.529. The van der Waals surface area contributed by atoms with E-state index in [0.717, 1.165) is 16.0 Å². The third-order valence-electron chi connectivity index (χ3n) is 3.04. The first-order valence-corrected chi connectivity index (χ1v) is 8.25. The van der Waals surface area contributed by atoms with E-state index in [1.165, 1.54) is 23.5 Å². The van der Waals surface area contributed by atoms with Gasteiger partial charge in [0.2, 0.25) is 0 Å². The van der Waals surface area contributed by atoms with Crippen LogP contribution in [-0.2, 0) is 16.0 Å². The maximum absolute atomic E-state index is 13.5. The maximum atomic E-state index is 13.5. The molecule has 1 aromatic heterocycles. The van der Waals surface area contributed by atoms with Gasteiger partial charge in [0.25, 0.3) is 0 Å². The van der Waals surface area contributed by atoms with Gasteiger partial charge in [-0.05, 0) is 51.0 Å². The fourth-order valence-corrected chi connectivity index (χ4v) is 3.12. The number of nitrogens with zero attached hydrogens (tertiary/aromatic N) is 1. The van der Waals surface area contributed by atoms with E-state index in [2.05, 4.69) is 4.98 Å². The fraction of sp³-hybridized carbons (Fsp3) is 0.333. The summed E-state index contributed by atoms with van der Waals surface area (Å²) in [7, 11) is 0. The van der Waals surface area contributed by atoms with Crippen LogP contribution in [0.2, 0.25) is 0 Å². The lowest BCUT2D eigenvalue weighted by molar-refractivity contribution is -0.153. The number of hydrogen-bond donors (Lipinski definition) is 0. The molecule has 0 atom stereocenters. The predicted molar refractivity (Wildman–Crippen MR) is 90.8 cm³/mol. The van der Waals surface area contributed by atoms with Gasteiger partial charge in [-0.1, -0.05) is 18.2 Å². The normalized spacial score (nSPS) is 12.3. The van der Waals surface area contributed by atoms with Gasteiger partial charge in [-0.15, -0.1) is 11.3 Å². The van der Waals surface area contributed by atoms with Crippen molar-refractivity contribution in [3.63, 3.8) is 0 Å². The number of carbonyl (C=O) groups is 1. The number of hydrogen-bond acceptors (Lipinski definition) is 4. The first-order valence-electron chi connectivity index (χ1n) is 7.37. The molecule has 1 heterocycles. The summed E-state index contributed by atoms with van der Waals surface area (Å²) in [6.45, 7) is 7.38. The fourth-order valence-electron chi connectivity index (χ4n) is 2.21. The molecule has 0 aliphatic heterocycles. The van der Waals surface area contributed by atoms with Crippen molar-refractivity contribution in [2.45, 2.75) is 39.7 Å². The van der Waals surface area contributed by atoms with E-state index < -0.39 is 5.60 Å². The first kappa shape index (κ1) is 17.3. The number of halogens is 1. The molecule has 0 bridgehead atoms.